The van der Waals surface area contributed by atoms with Gasteiger partial charge in [-0.25, -0.2) is 4.79 Å². The number of rotatable bonds is 8. The SMILES string of the molecule is CCCC(=O)N1CCC[C@H]1C(=O)N[C@H](C(=O)O)C(O)CC(=O)O. The minimum atomic E-state index is -1.75. The lowest BCUT2D eigenvalue weighted by Crippen LogP contribution is -2.55. The number of carbonyl (C=O) groups excluding carboxylic acids is 2. The zero-order valence-corrected chi connectivity index (χ0v) is 12.9. The fraction of sp³-hybridized carbons (Fsp3) is 0.714. The van der Waals surface area contributed by atoms with Gasteiger partial charge in [0.25, 0.3) is 0 Å². The highest BCUT2D eigenvalue weighted by molar-refractivity contribution is 5.91. The smallest absolute Gasteiger partial charge is 0.328 e. The van der Waals surface area contributed by atoms with Crippen LogP contribution in [0.3, 0.4) is 0 Å². The van der Waals surface area contributed by atoms with Crippen LogP contribution in [0.15, 0.2) is 0 Å². The molecule has 1 saturated heterocycles. The van der Waals surface area contributed by atoms with E-state index in [-0.39, 0.29) is 5.91 Å². The van der Waals surface area contributed by atoms with Crippen LogP contribution in [0, 0.1) is 0 Å². The van der Waals surface area contributed by atoms with E-state index in [0.29, 0.717) is 32.2 Å². The second kappa shape index (κ2) is 8.47. The second-order valence-corrected chi connectivity index (χ2v) is 5.48. The molecule has 0 saturated carbocycles. The van der Waals surface area contributed by atoms with E-state index >= 15 is 0 Å². The van der Waals surface area contributed by atoms with E-state index in [9.17, 15) is 24.3 Å². The molecule has 4 N–H and O–H groups in total. The van der Waals surface area contributed by atoms with Gasteiger partial charge in [0.15, 0.2) is 6.04 Å². The topological polar surface area (TPSA) is 144 Å². The zero-order chi connectivity index (χ0) is 17.6. The van der Waals surface area contributed by atoms with Gasteiger partial charge in [-0.05, 0) is 19.3 Å². The van der Waals surface area contributed by atoms with Crippen molar-refractivity contribution in [2.75, 3.05) is 6.54 Å². The summed E-state index contributed by atoms with van der Waals surface area (Å²) < 4.78 is 0. The number of aliphatic hydroxyl groups is 1. The summed E-state index contributed by atoms with van der Waals surface area (Å²) in [5, 5.41) is 29.5. The van der Waals surface area contributed by atoms with Gasteiger partial charge in [-0.1, -0.05) is 6.92 Å². The van der Waals surface area contributed by atoms with Crippen LogP contribution < -0.4 is 5.32 Å². The molecule has 0 radical (unpaired) electrons. The van der Waals surface area contributed by atoms with Gasteiger partial charge in [-0.3, -0.25) is 14.4 Å². The normalized spacial score (nSPS) is 19.9. The lowest BCUT2D eigenvalue weighted by molar-refractivity contribution is -0.148. The summed E-state index contributed by atoms with van der Waals surface area (Å²) in [4.78, 5) is 47.3. The fourth-order valence-corrected chi connectivity index (χ4v) is 2.56. The molecule has 2 amide bonds. The summed E-state index contributed by atoms with van der Waals surface area (Å²) in [5.74, 6) is -3.78. The maximum atomic E-state index is 12.2. The summed E-state index contributed by atoms with van der Waals surface area (Å²) in [6.45, 7) is 2.26. The Balaban J connectivity index is 2.76. The van der Waals surface area contributed by atoms with Crippen LogP contribution in [0.25, 0.3) is 0 Å². The monoisotopic (exact) mass is 330 g/mol. The van der Waals surface area contributed by atoms with E-state index in [4.69, 9.17) is 10.2 Å². The third kappa shape index (κ3) is 5.20. The number of amides is 2. The van der Waals surface area contributed by atoms with Gasteiger partial charge in [0.1, 0.15) is 6.04 Å². The molecular weight excluding hydrogens is 308 g/mol. The highest BCUT2D eigenvalue weighted by Crippen LogP contribution is 2.19. The summed E-state index contributed by atoms with van der Waals surface area (Å²) in [5.41, 5.74) is 0. The van der Waals surface area contributed by atoms with Crippen molar-refractivity contribution in [3.63, 3.8) is 0 Å². The molecule has 3 atom stereocenters. The number of aliphatic carboxylic acids is 2. The minimum absolute atomic E-state index is 0.178. The molecule has 1 rings (SSSR count). The molecule has 0 aromatic rings. The Bertz CT molecular complexity index is 480. The van der Waals surface area contributed by atoms with E-state index in [1.807, 2.05) is 6.92 Å². The van der Waals surface area contributed by atoms with Crippen molar-refractivity contribution in [2.45, 2.75) is 57.2 Å². The standard InChI is InChI=1S/C14H22N2O7/c1-2-4-10(18)16-6-3-5-8(16)13(21)15-12(14(22)23)9(17)7-11(19)20/h8-9,12,17H,2-7H2,1H3,(H,15,21)(H,19,20)(H,22,23)/t8-,9?,12-/m0/s1. The van der Waals surface area contributed by atoms with Gasteiger partial charge in [0.2, 0.25) is 11.8 Å². The summed E-state index contributed by atoms with van der Waals surface area (Å²) in [6.07, 6.45) is -0.589. The Hall–Kier alpha value is -2.16. The van der Waals surface area contributed by atoms with Crippen LogP contribution in [-0.4, -0.2) is 68.7 Å². The van der Waals surface area contributed by atoms with Gasteiger partial charge >= 0.3 is 11.9 Å². The number of likely N-dealkylation sites (tertiary alicyclic amines) is 1. The average Bonchev–Trinajstić information content (AvgIpc) is 2.93. The molecule has 1 unspecified atom stereocenters. The first-order chi connectivity index (χ1) is 10.8. The highest BCUT2D eigenvalue weighted by atomic mass is 16.4. The Kier molecular flexibility index (Phi) is 6.95. The predicted molar refractivity (Wildman–Crippen MR) is 77.5 cm³/mol. The molecule has 23 heavy (non-hydrogen) atoms. The third-order valence-corrected chi connectivity index (χ3v) is 3.67. The van der Waals surface area contributed by atoms with E-state index in [0.717, 1.165) is 0 Å². The third-order valence-electron chi connectivity index (χ3n) is 3.67. The molecule has 130 valence electrons. The quantitative estimate of drug-likeness (QED) is 0.455. The number of aliphatic hydroxyl groups excluding tert-OH is 1. The van der Waals surface area contributed by atoms with Gasteiger partial charge in [0.05, 0.1) is 12.5 Å². The van der Waals surface area contributed by atoms with Crippen LogP contribution in [0.1, 0.15) is 39.0 Å². The van der Waals surface area contributed by atoms with Gasteiger partial charge < -0.3 is 25.5 Å². The van der Waals surface area contributed by atoms with Crippen molar-refractivity contribution < 1.29 is 34.5 Å². The van der Waals surface area contributed by atoms with Crippen molar-refractivity contribution in [3.8, 4) is 0 Å². The molecule has 1 heterocycles. The zero-order valence-electron chi connectivity index (χ0n) is 12.9. The molecule has 0 spiro atoms. The van der Waals surface area contributed by atoms with E-state index in [2.05, 4.69) is 5.32 Å². The van der Waals surface area contributed by atoms with Gasteiger partial charge in [-0.2, -0.15) is 0 Å². The number of hydrogen-bond acceptors (Lipinski definition) is 5. The van der Waals surface area contributed by atoms with Crippen LogP contribution >= 0.6 is 0 Å². The van der Waals surface area contributed by atoms with Gasteiger partial charge in [-0.15, -0.1) is 0 Å². The Morgan fingerprint density at radius 2 is 1.91 bits per heavy atom. The molecule has 0 aliphatic carbocycles. The molecule has 0 aromatic heterocycles. The van der Waals surface area contributed by atoms with Crippen molar-refractivity contribution in [3.05, 3.63) is 0 Å². The summed E-state index contributed by atoms with van der Waals surface area (Å²) in [7, 11) is 0. The first-order valence-electron chi connectivity index (χ1n) is 7.50. The molecule has 9 heteroatoms. The average molecular weight is 330 g/mol. The number of carbonyl (C=O) groups is 4. The Labute approximate surface area is 133 Å². The molecule has 9 nitrogen and oxygen atoms in total. The lowest BCUT2D eigenvalue weighted by atomic mass is 10.1. The number of carboxylic acids is 2. The van der Waals surface area contributed by atoms with Gasteiger partial charge in [0, 0.05) is 13.0 Å². The number of nitrogens with one attached hydrogen (secondary N) is 1. The molecule has 1 aliphatic rings. The number of carboxylic acid groups (broad SMARTS) is 2. The molecular formula is C14H22N2O7. The van der Waals surface area contributed by atoms with E-state index < -0.39 is 42.5 Å². The Morgan fingerprint density at radius 3 is 2.43 bits per heavy atom. The largest absolute Gasteiger partial charge is 0.481 e. The van der Waals surface area contributed by atoms with Crippen LogP contribution in [0.2, 0.25) is 0 Å². The minimum Gasteiger partial charge on any atom is -0.481 e. The predicted octanol–water partition coefficient (Wildman–Crippen LogP) is -0.817. The summed E-state index contributed by atoms with van der Waals surface area (Å²) in [6, 6.07) is -2.52. The fourth-order valence-electron chi connectivity index (χ4n) is 2.56. The first-order valence-corrected chi connectivity index (χ1v) is 7.50. The first kappa shape index (κ1) is 18.9. The van der Waals surface area contributed by atoms with E-state index in [1.54, 1.807) is 0 Å². The highest BCUT2D eigenvalue weighted by Gasteiger charge is 2.37. The van der Waals surface area contributed by atoms with Crippen molar-refractivity contribution >= 4 is 23.8 Å². The number of nitrogens with zero attached hydrogens (tertiary/aromatic N) is 1. The molecule has 1 aliphatic heterocycles. The molecule has 0 aromatic carbocycles. The van der Waals surface area contributed by atoms with Crippen molar-refractivity contribution in [2.24, 2.45) is 0 Å². The van der Waals surface area contributed by atoms with Crippen molar-refractivity contribution in [1.82, 2.24) is 10.2 Å². The second-order valence-electron chi connectivity index (χ2n) is 5.48. The maximum Gasteiger partial charge on any atom is 0.328 e. The van der Waals surface area contributed by atoms with Crippen LogP contribution in [0.4, 0.5) is 0 Å². The Morgan fingerprint density at radius 1 is 1.26 bits per heavy atom. The van der Waals surface area contributed by atoms with Crippen LogP contribution in [0.5, 0.6) is 0 Å². The summed E-state index contributed by atoms with van der Waals surface area (Å²) >= 11 is 0. The van der Waals surface area contributed by atoms with Crippen molar-refractivity contribution in [1.29, 1.82) is 0 Å². The van der Waals surface area contributed by atoms with E-state index in [1.165, 1.54) is 4.90 Å². The lowest BCUT2D eigenvalue weighted by Gasteiger charge is -2.26. The maximum absolute atomic E-state index is 12.2. The molecule has 1 fully saturated rings. The number of hydrogen-bond donors (Lipinski definition) is 4. The molecule has 0 bridgehead atoms. The van der Waals surface area contributed by atoms with Crippen LogP contribution in [-0.2, 0) is 19.2 Å².